The zero-order valence-electron chi connectivity index (χ0n) is 15.0. The van der Waals surface area contributed by atoms with Gasteiger partial charge >= 0.3 is 6.18 Å². The van der Waals surface area contributed by atoms with Gasteiger partial charge < -0.3 is 20.1 Å². The quantitative estimate of drug-likeness (QED) is 0.342. The highest BCUT2D eigenvalue weighted by molar-refractivity contribution is 14.0. The minimum atomic E-state index is -4.39. The number of aromatic nitrogens is 1. The first-order chi connectivity index (χ1) is 13.0. The lowest BCUT2D eigenvalue weighted by Gasteiger charge is -2.11. The number of nitrogens with zero attached hydrogens (tertiary/aromatic N) is 2. The number of halogens is 4. The van der Waals surface area contributed by atoms with Crippen molar-refractivity contribution in [2.45, 2.75) is 19.0 Å². The maximum absolute atomic E-state index is 12.5. The summed E-state index contributed by atoms with van der Waals surface area (Å²) in [7, 11) is 1.64. The molecule has 11 heteroatoms. The lowest BCUT2D eigenvalue weighted by Crippen LogP contribution is -2.39. The Balaban J connectivity index is 0.00000280. The molecule has 1 aromatic heterocycles. The molecule has 0 saturated carbocycles. The number of thiazole rings is 1. The van der Waals surface area contributed by atoms with Gasteiger partial charge in [0.25, 0.3) is 0 Å². The van der Waals surface area contributed by atoms with Crippen molar-refractivity contribution in [3.8, 4) is 11.5 Å². The van der Waals surface area contributed by atoms with Gasteiger partial charge in [-0.25, -0.2) is 4.98 Å². The molecule has 0 radical (unpaired) electrons. The van der Waals surface area contributed by atoms with Crippen molar-refractivity contribution in [2.75, 3.05) is 26.9 Å². The first-order valence-electron chi connectivity index (χ1n) is 8.30. The zero-order chi connectivity index (χ0) is 19.3. The monoisotopic (exact) mass is 528 g/mol. The van der Waals surface area contributed by atoms with Gasteiger partial charge in [-0.3, -0.25) is 4.99 Å². The summed E-state index contributed by atoms with van der Waals surface area (Å²) in [5, 5.41) is 7.72. The smallest absolute Gasteiger partial charge is 0.434 e. The van der Waals surface area contributed by atoms with E-state index in [9.17, 15) is 13.2 Å². The van der Waals surface area contributed by atoms with Gasteiger partial charge in [0.15, 0.2) is 23.2 Å². The number of fused-ring (bicyclic) bond motifs is 1. The molecular formula is C17H20F3IN4O2S. The van der Waals surface area contributed by atoms with Crippen LogP contribution in [0, 0.1) is 0 Å². The van der Waals surface area contributed by atoms with E-state index in [-0.39, 0.29) is 30.8 Å². The zero-order valence-corrected chi connectivity index (χ0v) is 18.2. The van der Waals surface area contributed by atoms with Crippen LogP contribution in [0.5, 0.6) is 11.5 Å². The van der Waals surface area contributed by atoms with E-state index in [1.807, 2.05) is 18.2 Å². The van der Waals surface area contributed by atoms with E-state index in [0.29, 0.717) is 30.5 Å². The van der Waals surface area contributed by atoms with E-state index in [4.69, 9.17) is 9.47 Å². The first kappa shape index (κ1) is 22.5. The van der Waals surface area contributed by atoms with Crippen LogP contribution in [0.2, 0.25) is 0 Å². The molecule has 0 atom stereocenters. The van der Waals surface area contributed by atoms with Crippen LogP contribution in [0.15, 0.2) is 28.6 Å². The van der Waals surface area contributed by atoms with Gasteiger partial charge in [-0.05, 0) is 24.1 Å². The molecule has 0 unspecified atom stereocenters. The summed E-state index contributed by atoms with van der Waals surface area (Å²) >= 11 is 1.01. The summed E-state index contributed by atoms with van der Waals surface area (Å²) in [6.07, 6.45) is -3.24. The van der Waals surface area contributed by atoms with E-state index in [1.54, 1.807) is 7.05 Å². The minimum Gasteiger partial charge on any atom is -0.454 e. The minimum absolute atomic E-state index is 0. The van der Waals surface area contributed by atoms with Crippen LogP contribution in [0.3, 0.4) is 0 Å². The van der Waals surface area contributed by atoms with Gasteiger partial charge in [-0.2, -0.15) is 13.2 Å². The molecule has 28 heavy (non-hydrogen) atoms. The number of alkyl halides is 3. The topological polar surface area (TPSA) is 67.8 Å². The molecule has 0 bridgehead atoms. The predicted molar refractivity (Wildman–Crippen MR) is 112 cm³/mol. The summed E-state index contributed by atoms with van der Waals surface area (Å²) in [6.45, 7) is 1.33. The summed E-state index contributed by atoms with van der Waals surface area (Å²) in [4.78, 5) is 7.71. The van der Waals surface area contributed by atoms with Crippen LogP contribution in [-0.2, 0) is 19.0 Å². The molecule has 0 spiro atoms. The van der Waals surface area contributed by atoms with Crippen molar-refractivity contribution in [3.05, 3.63) is 39.8 Å². The molecule has 3 rings (SSSR count). The number of ether oxygens (including phenoxy) is 2. The standard InChI is InChI=1S/C17H19F3N4O2S.HI/c1-21-16(23-7-5-15-24-14(9-27-15)17(18,19)20)22-6-4-11-2-3-12-13(8-11)26-10-25-12;/h2-3,8-9H,4-7,10H2,1H3,(H2,21,22,23);1H. The van der Waals surface area contributed by atoms with Gasteiger partial charge in [-0.15, -0.1) is 35.3 Å². The fourth-order valence-corrected chi connectivity index (χ4v) is 3.29. The van der Waals surface area contributed by atoms with Crippen LogP contribution in [-0.4, -0.2) is 37.9 Å². The SMILES string of the molecule is CN=C(NCCc1ccc2c(c1)OCO2)NCCc1nc(C(F)(F)F)cs1.I. The van der Waals surface area contributed by atoms with Gasteiger partial charge in [0.1, 0.15) is 0 Å². The summed E-state index contributed by atoms with van der Waals surface area (Å²) in [5.74, 6) is 2.08. The lowest BCUT2D eigenvalue weighted by molar-refractivity contribution is -0.140. The molecule has 6 nitrogen and oxygen atoms in total. The van der Waals surface area contributed by atoms with E-state index >= 15 is 0 Å². The van der Waals surface area contributed by atoms with Gasteiger partial charge in [0.2, 0.25) is 6.79 Å². The lowest BCUT2D eigenvalue weighted by atomic mass is 10.1. The third-order valence-electron chi connectivity index (χ3n) is 3.84. The molecule has 1 aliphatic rings. The summed E-state index contributed by atoms with van der Waals surface area (Å²) in [6, 6.07) is 5.81. The molecule has 154 valence electrons. The van der Waals surface area contributed by atoms with Crippen molar-refractivity contribution in [1.82, 2.24) is 15.6 Å². The predicted octanol–water partition coefficient (Wildman–Crippen LogP) is 3.46. The first-order valence-corrected chi connectivity index (χ1v) is 9.18. The van der Waals surface area contributed by atoms with E-state index in [1.165, 1.54) is 0 Å². The van der Waals surface area contributed by atoms with Gasteiger partial charge in [0.05, 0.1) is 5.01 Å². The molecular weight excluding hydrogens is 508 g/mol. The number of rotatable bonds is 6. The Morgan fingerprint density at radius 3 is 2.57 bits per heavy atom. The second-order valence-corrected chi connectivity index (χ2v) is 6.68. The largest absolute Gasteiger partial charge is 0.454 e. The van der Waals surface area contributed by atoms with Gasteiger partial charge in [0, 0.05) is 31.9 Å². The maximum Gasteiger partial charge on any atom is 0.434 e. The Bertz CT molecular complexity index is 814. The van der Waals surface area contributed by atoms with Gasteiger partial charge in [-0.1, -0.05) is 6.07 Å². The van der Waals surface area contributed by atoms with Crippen molar-refractivity contribution >= 4 is 41.3 Å². The van der Waals surface area contributed by atoms with Crippen LogP contribution in [0.4, 0.5) is 13.2 Å². The van der Waals surface area contributed by atoms with Crippen LogP contribution in [0.1, 0.15) is 16.3 Å². The third kappa shape index (κ3) is 6.12. The number of guanidine groups is 1. The third-order valence-corrected chi connectivity index (χ3v) is 4.75. The van der Waals surface area contributed by atoms with Crippen molar-refractivity contribution in [1.29, 1.82) is 0 Å². The van der Waals surface area contributed by atoms with Crippen molar-refractivity contribution < 1.29 is 22.6 Å². The average Bonchev–Trinajstić information content (AvgIpc) is 3.28. The van der Waals surface area contributed by atoms with Crippen LogP contribution in [0.25, 0.3) is 0 Å². The molecule has 2 aromatic rings. The Morgan fingerprint density at radius 1 is 1.18 bits per heavy atom. The fourth-order valence-electron chi connectivity index (χ4n) is 2.49. The van der Waals surface area contributed by atoms with Crippen molar-refractivity contribution in [2.24, 2.45) is 4.99 Å². The molecule has 0 amide bonds. The second kappa shape index (κ2) is 10.1. The number of aliphatic imine (C=N–C) groups is 1. The Morgan fingerprint density at radius 2 is 1.89 bits per heavy atom. The Labute approximate surface area is 181 Å². The highest BCUT2D eigenvalue weighted by Gasteiger charge is 2.33. The fraction of sp³-hybridized carbons (Fsp3) is 0.412. The summed E-state index contributed by atoms with van der Waals surface area (Å²) < 4.78 is 48.3. The molecule has 2 N–H and O–H groups in total. The molecule has 1 aromatic carbocycles. The van der Waals surface area contributed by atoms with Crippen molar-refractivity contribution in [3.63, 3.8) is 0 Å². The molecule has 0 fully saturated rings. The van der Waals surface area contributed by atoms with E-state index in [0.717, 1.165) is 40.2 Å². The normalized spacial score (nSPS) is 13.2. The van der Waals surface area contributed by atoms with Crippen LogP contribution < -0.4 is 20.1 Å². The second-order valence-electron chi connectivity index (χ2n) is 5.74. The number of benzene rings is 1. The van der Waals surface area contributed by atoms with E-state index < -0.39 is 11.9 Å². The summed E-state index contributed by atoms with van der Waals surface area (Å²) in [5.41, 5.74) is 0.262. The average molecular weight is 528 g/mol. The highest BCUT2D eigenvalue weighted by atomic mass is 127. The number of nitrogens with one attached hydrogen (secondary N) is 2. The maximum atomic E-state index is 12.5. The Kier molecular flexibility index (Phi) is 8.16. The highest BCUT2D eigenvalue weighted by Crippen LogP contribution is 2.32. The number of hydrogen-bond donors (Lipinski definition) is 2. The molecule has 2 heterocycles. The van der Waals surface area contributed by atoms with Crippen LogP contribution >= 0.6 is 35.3 Å². The Hall–Kier alpha value is -1.76. The molecule has 1 aliphatic heterocycles. The molecule has 0 aliphatic carbocycles. The molecule has 0 saturated heterocycles. The van der Waals surface area contributed by atoms with E-state index in [2.05, 4.69) is 20.6 Å². The number of hydrogen-bond acceptors (Lipinski definition) is 5.